The van der Waals surface area contributed by atoms with E-state index in [9.17, 15) is 5.11 Å². The van der Waals surface area contributed by atoms with Crippen LogP contribution >= 0.6 is 0 Å². The summed E-state index contributed by atoms with van der Waals surface area (Å²) in [5, 5.41) is 10.0. The van der Waals surface area contributed by atoms with Crippen LogP contribution in [0.25, 0.3) is 0 Å². The van der Waals surface area contributed by atoms with Gasteiger partial charge in [-0.2, -0.15) is 0 Å². The van der Waals surface area contributed by atoms with E-state index < -0.39 is 0 Å². The first kappa shape index (κ1) is 15.7. The number of hydrogen-bond donors (Lipinski definition) is 1. The van der Waals surface area contributed by atoms with Crippen LogP contribution in [0.15, 0.2) is 12.7 Å². The molecule has 0 aromatic carbocycles. The number of unbranched alkanes of at least 4 members (excludes halogenated alkanes) is 3. The molecule has 0 fully saturated rings. The first-order chi connectivity index (χ1) is 7.63. The molecule has 0 saturated carbocycles. The van der Waals surface area contributed by atoms with E-state index in [-0.39, 0.29) is 12.2 Å². The van der Waals surface area contributed by atoms with Crippen molar-refractivity contribution in [3.05, 3.63) is 12.7 Å². The molecule has 0 aromatic heterocycles. The van der Waals surface area contributed by atoms with Crippen molar-refractivity contribution in [1.82, 2.24) is 0 Å². The monoisotopic (exact) mass is 228 g/mol. The third-order valence-corrected chi connectivity index (χ3v) is 2.80. The van der Waals surface area contributed by atoms with Crippen LogP contribution in [0.2, 0.25) is 0 Å². The molecule has 0 radical (unpaired) electrons. The summed E-state index contributed by atoms with van der Waals surface area (Å²) in [5.74, 6) is 0.378. The molecule has 0 amide bonds. The van der Waals surface area contributed by atoms with Crippen molar-refractivity contribution in [1.29, 1.82) is 0 Å². The SMILES string of the molecule is C=CCCCCCC(O)C(OCC)C(C)C. The highest BCUT2D eigenvalue weighted by molar-refractivity contribution is 4.73. The van der Waals surface area contributed by atoms with Crippen molar-refractivity contribution in [2.45, 2.75) is 65.1 Å². The van der Waals surface area contributed by atoms with Crippen LogP contribution < -0.4 is 0 Å². The quantitative estimate of drug-likeness (QED) is 0.458. The molecule has 96 valence electrons. The van der Waals surface area contributed by atoms with Crippen LogP contribution in [0.4, 0.5) is 0 Å². The Bertz CT molecular complexity index is 166. The number of rotatable bonds is 10. The average Bonchev–Trinajstić information content (AvgIpc) is 2.24. The summed E-state index contributed by atoms with van der Waals surface area (Å²) < 4.78 is 5.58. The topological polar surface area (TPSA) is 29.5 Å². The van der Waals surface area contributed by atoms with Gasteiger partial charge < -0.3 is 9.84 Å². The maximum atomic E-state index is 10.0. The summed E-state index contributed by atoms with van der Waals surface area (Å²) in [6.07, 6.45) is 6.97. The van der Waals surface area contributed by atoms with Crippen LogP contribution in [0.3, 0.4) is 0 Å². The van der Waals surface area contributed by atoms with Crippen LogP contribution in [0, 0.1) is 5.92 Å². The molecule has 0 aliphatic carbocycles. The fourth-order valence-electron chi connectivity index (χ4n) is 1.92. The molecule has 0 aliphatic rings. The molecular formula is C14H28O2. The second-order valence-electron chi connectivity index (χ2n) is 4.66. The molecule has 0 rings (SSSR count). The van der Waals surface area contributed by atoms with Gasteiger partial charge in [-0.05, 0) is 32.1 Å². The minimum absolute atomic E-state index is 0.00981. The van der Waals surface area contributed by atoms with Crippen molar-refractivity contribution in [2.75, 3.05) is 6.61 Å². The zero-order valence-corrected chi connectivity index (χ0v) is 11.1. The summed E-state index contributed by atoms with van der Waals surface area (Å²) in [5.41, 5.74) is 0. The zero-order chi connectivity index (χ0) is 12.4. The third kappa shape index (κ3) is 7.02. The molecule has 16 heavy (non-hydrogen) atoms. The Labute approximate surface area is 101 Å². The Kier molecular flexibility index (Phi) is 9.65. The maximum Gasteiger partial charge on any atom is 0.0856 e. The summed E-state index contributed by atoms with van der Waals surface area (Å²) >= 11 is 0. The van der Waals surface area contributed by atoms with E-state index in [4.69, 9.17) is 4.74 Å². The minimum Gasteiger partial charge on any atom is -0.390 e. The van der Waals surface area contributed by atoms with Gasteiger partial charge in [0.2, 0.25) is 0 Å². The molecule has 1 N–H and O–H groups in total. The largest absolute Gasteiger partial charge is 0.390 e. The lowest BCUT2D eigenvalue weighted by molar-refractivity contribution is -0.0602. The maximum absolute atomic E-state index is 10.0. The summed E-state index contributed by atoms with van der Waals surface area (Å²) in [4.78, 5) is 0. The molecule has 0 aliphatic heterocycles. The second-order valence-corrected chi connectivity index (χ2v) is 4.66. The lowest BCUT2D eigenvalue weighted by atomic mass is 9.97. The van der Waals surface area contributed by atoms with Crippen molar-refractivity contribution in [3.8, 4) is 0 Å². The van der Waals surface area contributed by atoms with Gasteiger partial charge >= 0.3 is 0 Å². The van der Waals surface area contributed by atoms with Gasteiger partial charge in [0.15, 0.2) is 0 Å². The highest BCUT2D eigenvalue weighted by Crippen LogP contribution is 2.16. The van der Waals surface area contributed by atoms with Gasteiger partial charge in [-0.3, -0.25) is 0 Å². The average molecular weight is 228 g/mol. The Morgan fingerprint density at radius 1 is 1.25 bits per heavy atom. The van der Waals surface area contributed by atoms with Crippen molar-refractivity contribution >= 4 is 0 Å². The van der Waals surface area contributed by atoms with Gasteiger partial charge in [-0.25, -0.2) is 0 Å². The van der Waals surface area contributed by atoms with Gasteiger partial charge in [0.05, 0.1) is 12.2 Å². The lowest BCUT2D eigenvalue weighted by Gasteiger charge is -2.26. The van der Waals surface area contributed by atoms with Crippen molar-refractivity contribution in [2.24, 2.45) is 5.92 Å². The van der Waals surface area contributed by atoms with E-state index >= 15 is 0 Å². The fourth-order valence-corrected chi connectivity index (χ4v) is 1.92. The van der Waals surface area contributed by atoms with E-state index in [2.05, 4.69) is 20.4 Å². The van der Waals surface area contributed by atoms with E-state index in [1.165, 1.54) is 12.8 Å². The normalized spacial score (nSPS) is 15.1. The number of hydrogen-bond acceptors (Lipinski definition) is 2. The molecule has 2 atom stereocenters. The predicted octanol–water partition coefficient (Wildman–Crippen LogP) is 3.54. The lowest BCUT2D eigenvalue weighted by Crippen LogP contribution is -2.33. The molecule has 0 bridgehead atoms. The third-order valence-electron chi connectivity index (χ3n) is 2.80. The van der Waals surface area contributed by atoms with E-state index in [1.807, 2.05) is 13.0 Å². The van der Waals surface area contributed by atoms with Crippen LogP contribution in [0.5, 0.6) is 0 Å². The smallest absolute Gasteiger partial charge is 0.0856 e. The molecule has 2 nitrogen and oxygen atoms in total. The molecule has 0 aromatic rings. The Morgan fingerprint density at radius 3 is 2.44 bits per heavy atom. The second kappa shape index (κ2) is 9.86. The van der Waals surface area contributed by atoms with Gasteiger partial charge in [0.25, 0.3) is 0 Å². The first-order valence-corrected chi connectivity index (χ1v) is 6.54. The van der Waals surface area contributed by atoms with Gasteiger partial charge in [-0.15, -0.1) is 6.58 Å². The molecule has 0 heterocycles. The standard InChI is InChI=1S/C14H28O2/c1-5-7-8-9-10-11-13(15)14(12(3)4)16-6-2/h5,12-15H,1,6-11H2,2-4H3. The van der Waals surface area contributed by atoms with E-state index in [0.29, 0.717) is 12.5 Å². The first-order valence-electron chi connectivity index (χ1n) is 6.54. The Hall–Kier alpha value is -0.340. The highest BCUT2D eigenvalue weighted by Gasteiger charge is 2.22. The van der Waals surface area contributed by atoms with E-state index in [0.717, 1.165) is 19.3 Å². The summed E-state index contributed by atoms with van der Waals surface area (Å²) in [6, 6.07) is 0. The minimum atomic E-state index is -0.316. The van der Waals surface area contributed by atoms with Crippen LogP contribution in [-0.2, 0) is 4.74 Å². The molecule has 0 spiro atoms. The number of aliphatic hydroxyl groups is 1. The van der Waals surface area contributed by atoms with Gasteiger partial charge in [0.1, 0.15) is 0 Å². The molecule has 2 heteroatoms. The van der Waals surface area contributed by atoms with Crippen LogP contribution in [0.1, 0.15) is 52.9 Å². The van der Waals surface area contributed by atoms with Crippen LogP contribution in [-0.4, -0.2) is 23.9 Å². The number of ether oxygens (including phenoxy) is 1. The fraction of sp³-hybridized carbons (Fsp3) is 0.857. The molecule has 2 unspecified atom stereocenters. The number of allylic oxidation sites excluding steroid dienone is 1. The van der Waals surface area contributed by atoms with Gasteiger partial charge in [-0.1, -0.05) is 32.8 Å². The van der Waals surface area contributed by atoms with E-state index in [1.54, 1.807) is 0 Å². The Balaban J connectivity index is 3.73. The van der Waals surface area contributed by atoms with Crippen molar-refractivity contribution in [3.63, 3.8) is 0 Å². The number of aliphatic hydroxyl groups excluding tert-OH is 1. The summed E-state index contributed by atoms with van der Waals surface area (Å²) in [6.45, 7) is 10.6. The molecule has 0 saturated heterocycles. The van der Waals surface area contributed by atoms with Crippen molar-refractivity contribution < 1.29 is 9.84 Å². The summed E-state index contributed by atoms with van der Waals surface area (Å²) in [7, 11) is 0. The Morgan fingerprint density at radius 2 is 1.94 bits per heavy atom. The van der Waals surface area contributed by atoms with Gasteiger partial charge in [0, 0.05) is 6.61 Å². The predicted molar refractivity (Wildman–Crippen MR) is 69.5 cm³/mol. The zero-order valence-electron chi connectivity index (χ0n) is 11.1. The highest BCUT2D eigenvalue weighted by atomic mass is 16.5. The molecular weight excluding hydrogens is 200 g/mol.